The molecule has 0 amide bonds. The van der Waals surface area contributed by atoms with E-state index in [1.165, 1.54) is 0 Å². The third kappa shape index (κ3) is 5.94. The van der Waals surface area contributed by atoms with E-state index in [9.17, 15) is 14.7 Å². The lowest BCUT2D eigenvalue weighted by molar-refractivity contribution is 0.305. The highest BCUT2D eigenvalue weighted by molar-refractivity contribution is 6.32. The van der Waals surface area contributed by atoms with Crippen molar-refractivity contribution in [3.8, 4) is 34.1 Å². The van der Waals surface area contributed by atoms with Crippen LogP contribution in [0.1, 0.15) is 97.8 Å². The maximum absolute atomic E-state index is 14.3. The van der Waals surface area contributed by atoms with Gasteiger partial charge in [0.1, 0.15) is 17.2 Å². The standard InChI is InChI=1S/C40H45O6/c1-4-7-10-13-16-44-25-19-28-34-29(20-25)39(42)31-22-27(46-18-15-12-9-6-3)24-33-36(31)37(34)35-30(38(28)41)21-26(23-32(35)40(33)43)45-17-14-11-8-5-2/h19-24H,4-18H2,1-3H3. The van der Waals surface area contributed by atoms with Crippen molar-refractivity contribution in [2.45, 2.75) is 97.8 Å². The lowest BCUT2D eigenvalue weighted by Gasteiger charge is -2.23. The number of hydrogen-bond acceptors (Lipinski definition) is 5. The van der Waals surface area contributed by atoms with Crippen molar-refractivity contribution < 1.29 is 19.3 Å². The minimum Gasteiger partial charge on any atom is -0.494 e. The predicted octanol–water partition coefficient (Wildman–Crippen LogP) is 10.5. The van der Waals surface area contributed by atoms with Crippen LogP contribution in [0.2, 0.25) is 0 Å². The number of benzene rings is 6. The second-order valence-corrected chi connectivity index (χ2v) is 12.8. The Bertz CT molecular complexity index is 1870. The summed E-state index contributed by atoms with van der Waals surface area (Å²) < 4.78 is 18.4. The molecule has 2 aliphatic carbocycles. The van der Waals surface area contributed by atoms with Gasteiger partial charge in [0.15, 0.2) is 16.6 Å². The highest BCUT2D eigenvalue weighted by atomic mass is 16.5. The average Bonchev–Trinajstić information content (AvgIpc) is 3.06. The molecule has 0 heterocycles. The summed E-state index contributed by atoms with van der Waals surface area (Å²) in [5.41, 5.74) is 0.939. The molecule has 0 saturated heterocycles. The van der Waals surface area contributed by atoms with Crippen LogP contribution in [-0.2, 0) is 5.11 Å². The molecule has 46 heavy (non-hydrogen) atoms. The van der Waals surface area contributed by atoms with Crippen LogP contribution in [0.3, 0.4) is 0 Å². The van der Waals surface area contributed by atoms with Gasteiger partial charge in [-0.2, -0.15) is 0 Å². The van der Waals surface area contributed by atoms with Gasteiger partial charge in [-0.05, 0) is 55.7 Å². The summed E-state index contributed by atoms with van der Waals surface area (Å²) in [6, 6.07) is 10.6. The Kier molecular flexibility index (Phi) is 9.81. The first-order valence-corrected chi connectivity index (χ1v) is 17.4. The maximum Gasteiger partial charge on any atom is 0.194 e. The molecule has 0 bridgehead atoms. The number of hydrogen-bond donors (Lipinski definition) is 0. The lowest BCUT2D eigenvalue weighted by atomic mass is 9.80. The van der Waals surface area contributed by atoms with E-state index in [1.54, 1.807) is 36.4 Å². The molecule has 0 fully saturated rings. The first-order valence-electron chi connectivity index (χ1n) is 17.4. The molecule has 0 saturated carbocycles. The molecule has 4 aromatic rings. The van der Waals surface area contributed by atoms with Gasteiger partial charge in [-0.3, -0.25) is 14.7 Å². The van der Waals surface area contributed by atoms with Crippen LogP contribution in [0, 0.1) is 0 Å². The van der Waals surface area contributed by atoms with Gasteiger partial charge in [0.25, 0.3) is 0 Å². The van der Waals surface area contributed by atoms with E-state index < -0.39 is 0 Å². The van der Waals surface area contributed by atoms with Crippen molar-refractivity contribution >= 4 is 43.1 Å². The van der Waals surface area contributed by atoms with E-state index in [4.69, 9.17) is 14.2 Å². The molecule has 0 N–H and O–H groups in total. The van der Waals surface area contributed by atoms with Crippen LogP contribution in [0.25, 0.3) is 54.2 Å². The Hall–Kier alpha value is -4.06. The van der Waals surface area contributed by atoms with Crippen LogP contribution in [-0.4, -0.2) is 19.8 Å². The molecule has 6 heteroatoms. The highest BCUT2D eigenvalue weighted by Gasteiger charge is 2.30. The van der Waals surface area contributed by atoms with E-state index >= 15 is 0 Å². The van der Waals surface area contributed by atoms with E-state index in [0.29, 0.717) is 85.7 Å². The molecule has 6 rings (SSSR count). The van der Waals surface area contributed by atoms with Crippen LogP contribution in [0.15, 0.2) is 46.0 Å². The summed E-state index contributed by atoms with van der Waals surface area (Å²) in [7, 11) is 0. The van der Waals surface area contributed by atoms with Gasteiger partial charge >= 0.3 is 0 Å². The Morgan fingerprint density at radius 3 is 1.15 bits per heavy atom. The molecule has 4 aromatic carbocycles. The fourth-order valence-corrected chi connectivity index (χ4v) is 6.95. The Labute approximate surface area is 270 Å². The van der Waals surface area contributed by atoms with Crippen molar-refractivity contribution in [3.05, 3.63) is 56.8 Å². The van der Waals surface area contributed by atoms with Gasteiger partial charge in [-0.1, -0.05) is 78.6 Å². The van der Waals surface area contributed by atoms with Gasteiger partial charge in [0, 0.05) is 54.2 Å². The zero-order valence-electron chi connectivity index (χ0n) is 27.5. The Morgan fingerprint density at radius 1 is 0.435 bits per heavy atom. The maximum atomic E-state index is 14.3. The number of ether oxygens (including phenoxy) is 3. The molecular weight excluding hydrogens is 576 g/mol. The van der Waals surface area contributed by atoms with Gasteiger partial charge in [-0.25, -0.2) is 0 Å². The minimum absolute atomic E-state index is 0.219. The molecular formula is C40H45O6. The topological polar surface area (TPSA) is 81.7 Å². The van der Waals surface area contributed by atoms with Crippen molar-refractivity contribution in [2.24, 2.45) is 0 Å². The van der Waals surface area contributed by atoms with Crippen molar-refractivity contribution in [1.29, 1.82) is 0 Å². The zero-order chi connectivity index (χ0) is 32.2. The first-order chi connectivity index (χ1) is 22.5. The fraction of sp³-hybridized carbons (Fsp3) is 0.450. The highest BCUT2D eigenvalue weighted by Crippen LogP contribution is 2.51. The summed E-state index contributed by atoms with van der Waals surface area (Å²) >= 11 is 0. The fourth-order valence-electron chi connectivity index (χ4n) is 6.95. The minimum atomic E-state index is -0.219. The predicted molar refractivity (Wildman–Crippen MR) is 188 cm³/mol. The molecule has 0 unspecified atom stereocenters. The molecule has 241 valence electrons. The van der Waals surface area contributed by atoms with Gasteiger partial charge in [-0.15, -0.1) is 0 Å². The van der Waals surface area contributed by atoms with Gasteiger partial charge in [0.2, 0.25) is 0 Å². The van der Waals surface area contributed by atoms with Crippen LogP contribution >= 0.6 is 0 Å². The van der Waals surface area contributed by atoms with E-state index in [0.717, 1.165) is 82.6 Å². The second-order valence-electron chi connectivity index (χ2n) is 12.8. The monoisotopic (exact) mass is 621 g/mol. The zero-order valence-corrected chi connectivity index (χ0v) is 27.5. The Morgan fingerprint density at radius 2 is 0.783 bits per heavy atom. The van der Waals surface area contributed by atoms with Crippen molar-refractivity contribution in [1.82, 2.24) is 0 Å². The molecule has 0 aromatic heterocycles. The van der Waals surface area contributed by atoms with Crippen molar-refractivity contribution in [3.63, 3.8) is 0 Å². The number of rotatable bonds is 18. The second kappa shape index (κ2) is 14.1. The molecule has 0 atom stereocenters. The Balaban J connectivity index is 1.56. The quantitative estimate of drug-likeness (QED) is 0.0542. The molecule has 6 nitrogen and oxygen atoms in total. The first kappa shape index (κ1) is 31.9. The van der Waals surface area contributed by atoms with Crippen LogP contribution in [0.5, 0.6) is 23.0 Å². The third-order valence-electron chi connectivity index (χ3n) is 9.35. The summed E-state index contributed by atoms with van der Waals surface area (Å²) in [4.78, 5) is 28.5. The van der Waals surface area contributed by atoms with Gasteiger partial charge in [0.05, 0.1) is 19.8 Å². The smallest absolute Gasteiger partial charge is 0.194 e. The SMILES string of the molecule is CCCCCCOc1cc2c3c(c1)c(=O)c1cc(OCCCCCC)cc4c([O])c5cc(OCCCCCC)cc(c2=O)c5c-3c41. The molecule has 0 spiro atoms. The normalized spacial score (nSPS) is 12.1. The number of unbranched alkanes of at least 4 members (excludes halogenated alkanes) is 9. The summed E-state index contributed by atoms with van der Waals surface area (Å²) in [6.45, 7) is 8.04. The van der Waals surface area contributed by atoms with Crippen molar-refractivity contribution in [2.75, 3.05) is 19.8 Å². The largest absolute Gasteiger partial charge is 0.494 e. The summed E-state index contributed by atoms with van der Waals surface area (Å²) in [5.74, 6) is 1.32. The van der Waals surface area contributed by atoms with E-state index in [1.807, 2.05) is 0 Å². The summed E-state index contributed by atoms with van der Waals surface area (Å²) in [6.07, 6.45) is 12.7. The van der Waals surface area contributed by atoms with E-state index in [-0.39, 0.29) is 16.6 Å². The van der Waals surface area contributed by atoms with Crippen LogP contribution in [0.4, 0.5) is 0 Å². The molecule has 1 radical (unpaired) electrons. The molecule has 2 aliphatic rings. The third-order valence-corrected chi connectivity index (χ3v) is 9.35. The van der Waals surface area contributed by atoms with Gasteiger partial charge < -0.3 is 14.2 Å². The van der Waals surface area contributed by atoms with E-state index in [2.05, 4.69) is 20.8 Å². The average molecular weight is 622 g/mol. The van der Waals surface area contributed by atoms with Crippen LogP contribution < -0.4 is 25.1 Å². The molecule has 0 aliphatic heterocycles. The lowest BCUT2D eigenvalue weighted by Crippen LogP contribution is -2.14. The summed E-state index contributed by atoms with van der Waals surface area (Å²) in [5, 5.41) is 18.1.